The summed E-state index contributed by atoms with van der Waals surface area (Å²) in [5.74, 6) is 0. The third kappa shape index (κ3) is 5.20. The number of piperazine rings is 1. The van der Waals surface area contributed by atoms with Crippen LogP contribution in [-0.2, 0) is 4.74 Å². The van der Waals surface area contributed by atoms with Crippen molar-refractivity contribution in [2.24, 2.45) is 5.73 Å². The maximum Gasteiger partial charge on any atom is 0.401 e. The lowest BCUT2D eigenvalue weighted by atomic mass is 10.2. The van der Waals surface area contributed by atoms with Crippen LogP contribution in [0.5, 0.6) is 0 Å². The Morgan fingerprint density at radius 1 is 1.24 bits per heavy atom. The Hall–Kier alpha value is -0.370. The maximum atomic E-state index is 12.2. The summed E-state index contributed by atoms with van der Waals surface area (Å²) in [6.45, 7) is 2.25. The van der Waals surface area contributed by atoms with Gasteiger partial charge in [0.15, 0.2) is 0 Å². The van der Waals surface area contributed by atoms with Crippen molar-refractivity contribution in [2.75, 3.05) is 53.0 Å². The smallest absolute Gasteiger partial charge is 0.383 e. The Balaban J connectivity index is 2.34. The molecule has 0 amide bonds. The number of nitrogens with zero attached hydrogens (tertiary/aromatic N) is 2. The molecule has 0 aromatic carbocycles. The molecule has 2 N–H and O–H groups in total. The van der Waals surface area contributed by atoms with Gasteiger partial charge >= 0.3 is 6.18 Å². The van der Waals surface area contributed by atoms with E-state index in [0.29, 0.717) is 39.3 Å². The molecule has 0 spiro atoms. The molecular formula is C10H20F3N3O. The molecule has 7 heteroatoms. The number of methoxy groups -OCH3 is 1. The lowest BCUT2D eigenvalue weighted by Gasteiger charge is -2.38. The van der Waals surface area contributed by atoms with Crippen molar-refractivity contribution in [2.45, 2.75) is 12.2 Å². The van der Waals surface area contributed by atoms with E-state index in [-0.39, 0.29) is 6.04 Å². The van der Waals surface area contributed by atoms with Crippen LogP contribution in [0.4, 0.5) is 13.2 Å². The Bertz CT molecular complexity index is 217. The molecule has 0 aliphatic carbocycles. The summed E-state index contributed by atoms with van der Waals surface area (Å²) in [5, 5.41) is 0. The van der Waals surface area contributed by atoms with Crippen LogP contribution in [0.15, 0.2) is 0 Å². The molecule has 1 heterocycles. The van der Waals surface area contributed by atoms with Crippen LogP contribution in [-0.4, -0.2) is 75.0 Å². The third-order valence-corrected chi connectivity index (χ3v) is 2.96. The monoisotopic (exact) mass is 255 g/mol. The lowest BCUT2D eigenvalue weighted by Crippen LogP contribution is -2.55. The molecule has 1 fully saturated rings. The van der Waals surface area contributed by atoms with Crippen LogP contribution in [0.2, 0.25) is 0 Å². The first-order chi connectivity index (χ1) is 7.96. The Kier molecular flexibility index (Phi) is 5.64. The van der Waals surface area contributed by atoms with Crippen LogP contribution in [0, 0.1) is 0 Å². The van der Waals surface area contributed by atoms with E-state index in [2.05, 4.69) is 4.90 Å². The minimum Gasteiger partial charge on any atom is -0.383 e. The van der Waals surface area contributed by atoms with E-state index in [4.69, 9.17) is 10.5 Å². The summed E-state index contributed by atoms with van der Waals surface area (Å²) in [4.78, 5) is 3.52. The van der Waals surface area contributed by atoms with Gasteiger partial charge in [-0.3, -0.25) is 9.80 Å². The van der Waals surface area contributed by atoms with Gasteiger partial charge < -0.3 is 10.5 Å². The van der Waals surface area contributed by atoms with Crippen LogP contribution in [0.1, 0.15) is 0 Å². The maximum absolute atomic E-state index is 12.2. The molecule has 17 heavy (non-hydrogen) atoms. The van der Waals surface area contributed by atoms with E-state index in [0.717, 1.165) is 0 Å². The average molecular weight is 255 g/mol. The number of hydrogen-bond donors (Lipinski definition) is 1. The number of alkyl halides is 3. The van der Waals surface area contributed by atoms with E-state index in [1.807, 2.05) is 0 Å². The minimum absolute atomic E-state index is 0.105. The number of halogens is 3. The van der Waals surface area contributed by atoms with Gasteiger partial charge in [-0.1, -0.05) is 0 Å². The second-order valence-electron chi connectivity index (χ2n) is 4.27. The summed E-state index contributed by atoms with van der Waals surface area (Å²) in [6, 6.07) is 0.105. The summed E-state index contributed by atoms with van der Waals surface area (Å²) in [6.07, 6.45) is -4.11. The predicted molar refractivity (Wildman–Crippen MR) is 58.8 cm³/mol. The lowest BCUT2D eigenvalue weighted by molar-refractivity contribution is -0.150. The van der Waals surface area contributed by atoms with E-state index < -0.39 is 12.7 Å². The van der Waals surface area contributed by atoms with Crippen molar-refractivity contribution in [1.29, 1.82) is 0 Å². The van der Waals surface area contributed by atoms with Gasteiger partial charge in [0.2, 0.25) is 0 Å². The molecule has 1 saturated heterocycles. The Morgan fingerprint density at radius 3 is 2.24 bits per heavy atom. The average Bonchev–Trinajstić information content (AvgIpc) is 2.25. The normalized spacial score (nSPS) is 21.7. The third-order valence-electron chi connectivity index (χ3n) is 2.96. The molecule has 0 bridgehead atoms. The molecule has 1 aliphatic rings. The topological polar surface area (TPSA) is 41.7 Å². The number of nitrogens with two attached hydrogens (primary N) is 1. The molecule has 0 saturated carbocycles. The first-order valence-corrected chi connectivity index (χ1v) is 5.68. The van der Waals surface area contributed by atoms with Gasteiger partial charge in [0.05, 0.1) is 13.2 Å². The van der Waals surface area contributed by atoms with Gasteiger partial charge in [-0.15, -0.1) is 0 Å². The molecule has 1 rings (SSSR count). The Morgan fingerprint density at radius 2 is 1.82 bits per heavy atom. The van der Waals surface area contributed by atoms with Gasteiger partial charge in [0, 0.05) is 45.9 Å². The molecule has 102 valence electrons. The van der Waals surface area contributed by atoms with Gasteiger partial charge in [-0.2, -0.15) is 13.2 Å². The van der Waals surface area contributed by atoms with E-state index in [9.17, 15) is 13.2 Å². The van der Waals surface area contributed by atoms with Gasteiger partial charge in [0.25, 0.3) is 0 Å². The first-order valence-electron chi connectivity index (χ1n) is 5.68. The van der Waals surface area contributed by atoms with Crippen molar-refractivity contribution in [3.63, 3.8) is 0 Å². The van der Waals surface area contributed by atoms with Crippen molar-refractivity contribution >= 4 is 0 Å². The van der Waals surface area contributed by atoms with Crippen molar-refractivity contribution in [3.8, 4) is 0 Å². The number of hydrogen-bond acceptors (Lipinski definition) is 4. The van der Waals surface area contributed by atoms with Crippen LogP contribution in [0.3, 0.4) is 0 Å². The largest absolute Gasteiger partial charge is 0.401 e. The van der Waals surface area contributed by atoms with Crippen LogP contribution < -0.4 is 5.73 Å². The fourth-order valence-electron chi connectivity index (χ4n) is 2.06. The summed E-state index contributed by atoms with van der Waals surface area (Å²) < 4.78 is 41.6. The summed E-state index contributed by atoms with van der Waals surface area (Å²) in [5.41, 5.74) is 5.61. The van der Waals surface area contributed by atoms with Crippen LogP contribution >= 0.6 is 0 Å². The molecule has 4 nitrogen and oxygen atoms in total. The summed E-state index contributed by atoms with van der Waals surface area (Å²) in [7, 11) is 1.60. The predicted octanol–water partition coefficient (Wildman–Crippen LogP) is 0.140. The van der Waals surface area contributed by atoms with E-state index in [1.54, 1.807) is 7.11 Å². The second kappa shape index (κ2) is 6.53. The minimum atomic E-state index is -4.11. The molecular weight excluding hydrogens is 235 g/mol. The second-order valence-corrected chi connectivity index (χ2v) is 4.27. The fraction of sp³-hybridized carbons (Fsp3) is 1.00. The number of rotatable bonds is 5. The van der Waals surface area contributed by atoms with Crippen molar-refractivity contribution in [3.05, 3.63) is 0 Å². The van der Waals surface area contributed by atoms with Gasteiger partial charge in [0.1, 0.15) is 0 Å². The highest BCUT2D eigenvalue weighted by molar-refractivity contribution is 4.80. The van der Waals surface area contributed by atoms with Crippen LogP contribution in [0.25, 0.3) is 0 Å². The highest BCUT2D eigenvalue weighted by atomic mass is 19.4. The highest BCUT2D eigenvalue weighted by Gasteiger charge is 2.32. The van der Waals surface area contributed by atoms with Crippen molar-refractivity contribution in [1.82, 2.24) is 9.80 Å². The SMILES string of the molecule is COCC(CN)N1CCN(CC(F)(F)F)CC1. The van der Waals surface area contributed by atoms with Gasteiger partial charge in [-0.25, -0.2) is 0 Å². The van der Waals surface area contributed by atoms with Crippen molar-refractivity contribution < 1.29 is 17.9 Å². The molecule has 0 aromatic heterocycles. The molecule has 1 atom stereocenters. The zero-order valence-corrected chi connectivity index (χ0v) is 10.0. The van der Waals surface area contributed by atoms with Gasteiger partial charge in [-0.05, 0) is 0 Å². The van der Waals surface area contributed by atoms with E-state index in [1.165, 1.54) is 4.90 Å². The molecule has 1 aliphatic heterocycles. The zero-order valence-electron chi connectivity index (χ0n) is 10.0. The van der Waals surface area contributed by atoms with E-state index >= 15 is 0 Å². The fourth-order valence-corrected chi connectivity index (χ4v) is 2.06. The summed E-state index contributed by atoms with van der Waals surface area (Å²) >= 11 is 0. The number of ether oxygens (including phenoxy) is 1. The molecule has 0 aromatic rings. The molecule has 0 radical (unpaired) electrons. The standard InChI is InChI=1S/C10H20F3N3O/c1-17-7-9(6-14)16-4-2-15(3-5-16)8-10(11,12)13/h9H,2-8,14H2,1H3. The first kappa shape index (κ1) is 14.7. The molecule has 1 unspecified atom stereocenters. The zero-order chi connectivity index (χ0) is 12.9. The quantitative estimate of drug-likeness (QED) is 0.759. The Labute approximate surface area is 99.5 Å². The highest BCUT2D eigenvalue weighted by Crippen LogP contribution is 2.17.